The Morgan fingerprint density at radius 1 is 0.846 bits per heavy atom. The highest BCUT2D eigenvalue weighted by Gasteiger charge is 2.21. The lowest BCUT2D eigenvalue weighted by Crippen LogP contribution is -2.20. The van der Waals surface area contributed by atoms with Crippen molar-refractivity contribution in [2.24, 2.45) is 0 Å². The second-order valence-corrected chi connectivity index (χ2v) is 6.39. The fourth-order valence-corrected chi connectivity index (χ4v) is 3.29. The van der Waals surface area contributed by atoms with Crippen molar-refractivity contribution in [3.63, 3.8) is 0 Å². The van der Waals surface area contributed by atoms with Crippen molar-refractivity contribution in [1.82, 2.24) is 4.98 Å². The average Bonchev–Trinajstić information content (AvgIpc) is 2.68. The monoisotopic (exact) mass is 359 g/mol. The highest BCUT2D eigenvalue weighted by molar-refractivity contribution is 6.31. The standard InChI is InChI=1S/C22H14ClNO2/c23-16-11-12-18-17(13-16)19(14-7-3-1-4-8-14)20(22(26)24-18)21(25)15-9-5-2-6-10-15/h1-13H,(H,24,26). The van der Waals surface area contributed by atoms with Gasteiger partial charge in [0.15, 0.2) is 5.78 Å². The van der Waals surface area contributed by atoms with Gasteiger partial charge in [0.05, 0.1) is 5.56 Å². The Hall–Kier alpha value is -3.17. The predicted molar refractivity (Wildman–Crippen MR) is 105 cm³/mol. The molecule has 1 heterocycles. The van der Waals surface area contributed by atoms with Crippen molar-refractivity contribution in [2.45, 2.75) is 0 Å². The van der Waals surface area contributed by atoms with Gasteiger partial charge in [-0.15, -0.1) is 0 Å². The Bertz CT molecular complexity index is 1170. The first kappa shape index (κ1) is 16.3. The van der Waals surface area contributed by atoms with Gasteiger partial charge in [0.1, 0.15) is 0 Å². The molecule has 3 aromatic carbocycles. The summed E-state index contributed by atoms with van der Waals surface area (Å²) in [7, 11) is 0. The molecule has 0 aliphatic rings. The van der Waals surface area contributed by atoms with Gasteiger partial charge in [-0.2, -0.15) is 0 Å². The summed E-state index contributed by atoms with van der Waals surface area (Å²) in [5, 5.41) is 1.28. The number of benzene rings is 3. The number of aromatic amines is 1. The number of halogens is 1. The largest absolute Gasteiger partial charge is 0.321 e. The summed E-state index contributed by atoms with van der Waals surface area (Å²) in [5.74, 6) is -0.312. The normalized spacial score (nSPS) is 10.8. The minimum atomic E-state index is -0.410. The number of ketones is 1. The molecule has 0 aliphatic carbocycles. The zero-order chi connectivity index (χ0) is 18.1. The molecular weight excluding hydrogens is 346 g/mol. The van der Waals surface area contributed by atoms with E-state index in [-0.39, 0.29) is 11.3 Å². The third kappa shape index (κ3) is 2.83. The molecule has 4 aromatic rings. The van der Waals surface area contributed by atoms with Gasteiger partial charge in [-0.3, -0.25) is 9.59 Å². The Morgan fingerprint density at radius 2 is 1.50 bits per heavy atom. The number of aromatic nitrogens is 1. The topological polar surface area (TPSA) is 49.9 Å². The molecule has 4 heteroatoms. The number of hydrogen-bond donors (Lipinski definition) is 1. The average molecular weight is 360 g/mol. The molecule has 0 aliphatic heterocycles. The smallest absolute Gasteiger partial charge is 0.260 e. The van der Waals surface area contributed by atoms with Crippen LogP contribution >= 0.6 is 11.6 Å². The third-order valence-corrected chi connectivity index (χ3v) is 4.54. The summed E-state index contributed by atoms with van der Waals surface area (Å²) in [4.78, 5) is 28.8. The first-order chi connectivity index (χ1) is 12.6. The number of nitrogens with one attached hydrogen (secondary N) is 1. The summed E-state index contributed by atoms with van der Waals surface area (Å²) in [6, 6.07) is 23.5. The summed E-state index contributed by atoms with van der Waals surface area (Å²) in [6.45, 7) is 0. The van der Waals surface area contributed by atoms with Crippen LogP contribution < -0.4 is 5.56 Å². The first-order valence-electron chi connectivity index (χ1n) is 8.16. The predicted octanol–water partition coefficient (Wildman–Crippen LogP) is 5.08. The van der Waals surface area contributed by atoms with Crippen LogP contribution in [0.25, 0.3) is 22.0 Å². The third-order valence-electron chi connectivity index (χ3n) is 4.30. The zero-order valence-corrected chi connectivity index (χ0v) is 14.5. The number of H-pyrrole nitrogens is 1. The van der Waals surface area contributed by atoms with E-state index in [2.05, 4.69) is 4.98 Å². The molecule has 1 N–H and O–H groups in total. The minimum absolute atomic E-state index is 0.122. The lowest BCUT2D eigenvalue weighted by Gasteiger charge is -2.13. The number of hydrogen-bond acceptors (Lipinski definition) is 2. The molecule has 0 spiro atoms. The fraction of sp³-hybridized carbons (Fsp3) is 0. The van der Waals surface area contributed by atoms with Crippen LogP contribution in [0.1, 0.15) is 15.9 Å². The van der Waals surface area contributed by atoms with E-state index in [0.717, 1.165) is 10.9 Å². The Labute approximate surface area is 154 Å². The second-order valence-electron chi connectivity index (χ2n) is 5.96. The van der Waals surface area contributed by atoms with Crippen LogP contribution in [0.5, 0.6) is 0 Å². The van der Waals surface area contributed by atoms with Crippen molar-refractivity contribution in [3.8, 4) is 11.1 Å². The van der Waals surface area contributed by atoms with Crippen molar-refractivity contribution in [1.29, 1.82) is 0 Å². The van der Waals surface area contributed by atoms with E-state index >= 15 is 0 Å². The van der Waals surface area contributed by atoms with Crippen molar-refractivity contribution in [3.05, 3.63) is 105 Å². The van der Waals surface area contributed by atoms with E-state index < -0.39 is 5.56 Å². The second kappa shape index (κ2) is 6.62. The number of pyridine rings is 1. The van der Waals surface area contributed by atoms with Crippen LogP contribution in [0.4, 0.5) is 0 Å². The van der Waals surface area contributed by atoms with Gasteiger partial charge in [-0.25, -0.2) is 0 Å². The molecule has 0 unspecified atom stereocenters. The van der Waals surface area contributed by atoms with Crippen molar-refractivity contribution < 1.29 is 4.79 Å². The van der Waals surface area contributed by atoms with Crippen molar-refractivity contribution >= 4 is 28.3 Å². The van der Waals surface area contributed by atoms with Crippen LogP contribution in [0.15, 0.2) is 83.7 Å². The minimum Gasteiger partial charge on any atom is -0.321 e. The van der Waals surface area contributed by atoms with Crippen LogP contribution in [-0.2, 0) is 0 Å². The molecule has 3 nitrogen and oxygen atoms in total. The van der Waals surface area contributed by atoms with Crippen LogP contribution in [-0.4, -0.2) is 10.8 Å². The number of fused-ring (bicyclic) bond motifs is 1. The quantitative estimate of drug-likeness (QED) is 0.518. The molecule has 4 rings (SSSR count). The zero-order valence-electron chi connectivity index (χ0n) is 13.7. The van der Waals surface area contributed by atoms with Crippen LogP contribution in [0.2, 0.25) is 5.02 Å². The van der Waals surface area contributed by atoms with E-state index in [1.54, 1.807) is 42.5 Å². The Kier molecular flexibility index (Phi) is 4.15. The van der Waals surface area contributed by atoms with E-state index in [0.29, 0.717) is 21.7 Å². The summed E-state index contributed by atoms with van der Waals surface area (Å²) >= 11 is 6.19. The SMILES string of the molecule is O=C(c1ccccc1)c1c(-c2ccccc2)c2cc(Cl)ccc2[nH]c1=O. The van der Waals surface area contributed by atoms with E-state index in [1.807, 2.05) is 36.4 Å². The van der Waals surface area contributed by atoms with E-state index in [1.165, 1.54) is 0 Å². The highest BCUT2D eigenvalue weighted by atomic mass is 35.5. The maximum atomic E-state index is 13.1. The van der Waals surface area contributed by atoms with E-state index in [4.69, 9.17) is 11.6 Å². The summed E-state index contributed by atoms with van der Waals surface area (Å²) in [5.41, 5.74) is 2.22. The fourth-order valence-electron chi connectivity index (χ4n) is 3.12. The summed E-state index contributed by atoms with van der Waals surface area (Å²) in [6.07, 6.45) is 0. The number of rotatable bonds is 3. The van der Waals surface area contributed by atoms with Gasteiger partial charge in [-0.05, 0) is 23.8 Å². The lowest BCUT2D eigenvalue weighted by atomic mass is 9.92. The first-order valence-corrected chi connectivity index (χ1v) is 8.53. The molecule has 0 saturated carbocycles. The van der Waals surface area contributed by atoms with Gasteiger partial charge in [0, 0.05) is 27.1 Å². The highest BCUT2D eigenvalue weighted by Crippen LogP contribution is 2.32. The summed E-state index contributed by atoms with van der Waals surface area (Å²) < 4.78 is 0. The number of carbonyl (C=O) groups is 1. The molecule has 0 radical (unpaired) electrons. The van der Waals surface area contributed by atoms with Crippen LogP contribution in [0, 0.1) is 0 Å². The van der Waals surface area contributed by atoms with Crippen LogP contribution in [0.3, 0.4) is 0 Å². The molecule has 26 heavy (non-hydrogen) atoms. The van der Waals surface area contributed by atoms with Gasteiger partial charge in [0.2, 0.25) is 0 Å². The van der Waals surface area contributed by atoms with Gasteiger partial charge >= 0.3 is 0 Å². The molecular formula is C22H14ClNO2. The molecule has 0 atom stereocenters. The molecule has 0 fully saturated rings. The Balaban J connectivity index is 2.11. The number of carbonyl (C=O) groups excluding carboxylic acids is 1. The molecule has 0 amide bonds. The lowest BCUT2D eigenvalue weighted by molar-refractivity contribution is 0.103. The molecule has 0 saturated heterocycles. The van der Waals surface area contributed by atoms with Gasteiger partial charge in [0.25, 0.3) is 5.56 Å². The molecule has 1 aromatic heterocycles. The van der Waals surface area contributed by atoms with E-state index in [9.17, 15) is 9.59 Å². The maximum Gasteiger partial charge on any atom is 0.260 e. The van der Waals surface area contributed by atoms with Gasteiger partial charge < -0.3 is 4.98 Å². The molecule has 126 valence electrons. The molecule has 0 bridgehead atoms. The van der Waals surface area contributed by atoms with Crippen molar-refractivity contribution in [2.75, 3.05) is 0 Å². The maximum absolute atomic E-state index is 13.1. The van der Waals surface area contributed by atoms with Gasteiger partial charge in [-0.1, -0.05) is 72.3 Å². The Morgan fingerprint density at radius 3 is 2.19 bits per heavy atom.